The molecule has 1 unspecified atom stereocenters. The second-order valence-electron chi connectivity index (χ2n) is 7.61. The number of halogens is 1. The lowest BCUT2D eigenvalue weighted by Crippen LogP contribution is -2.27. The Morgan fingerprint density at radius 2 is 2.11 bits per heavy atom. The van der Waals surface area contributed by atoms with Gasteiger partial charge in [0.25, 0.3) is 0 Å². The van der Waals surface area contributed by atoms with Crippen LogP contribution in [0.1, 0.15) is 49.9 Å². The average Bonchev–Trinajstić information content (AvgIpc) is 3.27. The third-order valence-electron chi connectivity index (χ3n) is 5.84. The molecule has 1 saturated heterocycles. The van der Waals surface area contributed by atoms with Crippen LogP contribution < -0.4 is 0 Å². The number of rotatable bonds is 5. The first kappa shape index (κ1) is 18.5. The molecule has 4 nitrogen and oxygen atoms in total. The minimum atomic E-state index is 0.0235. The van der Waals surface area contributed by atoms with E-state index < -0.39 is 0 Å². The average molecular weight is 384 g/mol. The van der Waals surface area contributed by atoms with E-state index in [9.17, 15) is 0 Å². The van der Waals surface area contributed by atoms with E-state index in [-0.39, 0.29) is 5.41 Å². The molecule has 3 aromatic heterocycles. The Morgan fingerprint density at radius 1 is 1.26 bits per heavy atom. The fourth-order valence-electron chi connectivity index (χ4n) is 4.11. The molecule has 1 aliphatic heterocycles. The first-order valence-electron chi connectivity index (χ1n) is 9.79. The summed E-state index contributed by atoms with van der Waals surface area (Å²) in [5, 5.41) is 1.61. The number of pyridine rings is 2. The molecule has 3 aromatic rings. The van der Waals surface area contributed by atoms with Crippen molar-refractivity contribution in [2.24, 2.45) is 0 Å². The number of hydrogen-bond donors (Lipinski definition) is 0. The number of ether oxygens (including phenoxy) is 1. The number of nitrogens with zero attached hydrogens (tertiary/aromatic N) is 3. The number of aryl methyl sites for hydroxylation is 2. The van der Waals surface area contributed by atoms with Gasteiger partial charge < -0.3 is 9.30 Å². The summed E-state index contributed by atoms with van der Waals surface area (Å²) in [5.74, 6) is 0.955. The zero-order valence-electron chi connectivity index (χ0n) is 16.3. The van der Waals surface area contributed by atoms with Crippen molar-refractivity contribution in [1.82, 2.24) is 14.5 Å². The van der Waals surface area contributed by atoms with Gasteiger partial charge in [-0.1, -0.05) is 31.9 Å². The maximum absolute atomic E-state index is 6.19. The van der Waals surface area contributed by atoms with E-state index in [0.717, 1.165) is 61.3 Å². The van der Waals surface area contributed by atoms with Gasteiger partial charge in [-0.3, -0.25) is 0 Å². The summed E-state index contributed by atoms with van der Waals surface area (Å²) in [7, 11) is 0. The van der Waals surface area contributed by atoms with Crippen molar-refractivity contribution in [1.29, 1.82) is 0 Å². The Labute approximate surface area is 165 Å². The molecule has 0 aliphatic carbocycles. The largest absolute Gasteiger partial charge is 0.380 e. The molecule has 0 amide bonds. The minimum Gasteiger partial charge on any atom is -0.380 e. The SMILES string of the molecule is CCCc1cc(-n2cc(C)c3cnc(Cl)cc32)nc(C2(CC)CCOC2)c1. The zero-order chi connectivity index (χ0) is 19.0. The van der Waals surface area contributed by atoms with Gasteiger partial charge in [0.2, 0.25) is 0 Å². The predicted molar refractivity (Wildman–Crippen MR) is 110 cm³/mol. The molecule has 4 heterocycles. The summed E-state index contributed by atoms with van der Waals surface area (Å²) in [6.45, 7) is 8.13. The summed E-state index contributed by atoms with van der Waals surface area (Å²) >= 11 is 6.19. The van der Waals surface area contributed by atoms with Crippen LogP contribution in [-0.4, -0.2) is 27.7 Å². The van der Waals surface area contributed by atoms with Gasteiger partial charge in [0.05, 0.1) is 17.8 Å². The summed E-state index contributed by atoms with van der Waals surface area (Å²) < 4.78 is 7.92. The summed E-state index contributed by atoms with van der Waals surface area (Å²) in [4.78, 5) is 9.37. The lowest BCUT2D eigenvalue weighted by Gasteiger charge is -2.26. The van der Waals surface area contributed by atoms with E-state index in [1.54, 1.807) is 0 Å². The van der Waals surface area contributed by atoms with Crippen LogP contribution in [0.15, 0.2) is 30.6 Å². The second-order valence-corrected chi connectivity index (χ2v) is 8.00. The quantitative estimate of drug-likeness (QED) is 0.553. The van der Waals surface area contributed by atoms with E-state index in [2.05, 4.69) is 48.7 Å². The molecule has 0 aromatic carbocycles. The van der Waals surface area contributed by atoms with Gasteiger partial charge in [0.15, 0.2) is 0 Å². The number of hydrogen-bond acceptors (Lipinski definition) is 3. The maximum Gasteiger partial charge on any atom is 0.137 e. The van der Waals surface area contributed by atoms with Crippen molar-refractivity contribution in [3.05, 3.63) is 52.6 Å². The van der Waals surface area contributed by atoms with Crippen LogP contribution in [0.25, 0.3) is 16.7 Å². The van der Waals surface area contributed by atoms with Gasteiger partial charge in [-0.25, -0.2) is 9.97 Å². The molecule has 142 valence electrons. The molecule has 4 rings (SSSR count). The van der Waals surface area contributed by atoms with Crippen LogP contribution in [0, 0.1) is 6.92 Å². The Bertz CT molecular complexity index is 973. The van der Waals surface area contributed by atoms with Crippen LogP contribution in [0.3, 0.4) is 0 Å². The van der Waals surface area contributed by atoms with Crippen LogP contribution in [0.4, 0.5) is 0 Å². The lowest BCUT2D eigenvalue weighted by molar-refractivity contribution is 0.174. The van der Waals surface area contributed by atoms with Crippen molar-refractivity contribution in [3.8, 4) is 5.82 Å². The Morgan fingerprint density at radius 3 is 2.81 bits per heavy atom. The molecule has 0 spiro atoms. The zero-order valence-corrected chi connectivity index (χ0v) is 17.0. The molecule has 0 radical (unpaired) electrons. The first-order chi connectivity index (χ1) is 13.1. The summed E-state index contributed by atoms with van der Waals surface area (Å²) in [6, 6.07) is 6.42. The number of fused-ring (bicyclic) bond motifs is 1. The van der Waals surface area contributed by atoms with Crippen LogP contribution in [0.2, 0.25) is 5.15 Å². The summed E-state index contributed by atoms with van der Waals surface area (Å²) in [6.07, 6.45) is 8.21. The fourth-order valence-corrected chi connectivity index (χ4v) is 4.27. The van der Waals surface area contributed by atoms with E-state index in [1.807, 2.05) is 12.3 Å². The van der Waals surface area contributed by atoms with Gasteiger partial charge in [-0.15, -0.1) is 0 Å². The van der Waals surface area contributed by atoms with E-state index >= 15 is 0 Å². The fraction of sp³-hybridized carbons (Fsp3) is 0.455. The molecule has 1 atom stereocenters. The van der Waals surface area contributed by atoms with Crippen molar-refractivity contribution in [2.75, 3.05) is 13.2 Å². The maximum atomic E-state index is 6.19. The predicted octanol–water partition coefficient (Wildman–Crippen LogP) is 5.40. The molecule has 5 heteroatoms. The van der Waals surface area contributed by atoms with Crippen molar-refractivity contribution in [2.45, 2.75) is 51.9 Å². The minimum absolute atomic E-state index is 0.0235. The highest BCUT2D eigenvalue weighted by Crippen LogP contribution is 2.37. The topological polar surface area (TPSA) is 39.9 Å². The molecule has 0 N–H and O–H groups in total. The van der Waals surface area contributed by atoms with Gasteiger partial charge >= 0.3 is 0 Å². The molecule has 0 saturated carbocycles. The van der Waals surface area contributed by atoms with Gasteiger partial charge in [-0.2, -0.15) is 0 Å². The van der Waals surface area contributed by atoms with Crippen LogP contribution >= 0.6 is 11.6 Å². The smallest absolute Gasteiger partial charge is 0.137 e. The van der Waals surface area contributed by atoms with Crippen molar-refractivity contribution in [3.63, 3.8) is 0 Å². The lowest BCUT2D eigenvalue weighted by atomic mass is 9.80. The van der Waals surface area contributed by atoms with Gasteiger partial charge in [0.1, 0.15) is 11.0 Å². The molecule has 27 heavy (non-hydrogen) atoms. The van der Waals surface area contributed by atoms with Gasteiger partial charge in [-0.05, 0) is 49.4 Å². The van der Waals surface area contributed by atoms with Crippen molar-refractivity contribution >= 4 is 22.5 Å². The Hall–Kier alpha value is -1.91. The standard InChI is InChI=1S/C22H26ClN3O/c1-4-6-16-9-19(22(5-2)7-8-27-14-22)25-21(10-16)26-13-15(3)17-12-24-20(23)11-18(17)26/h9-13H,4-8,14H2,1-3H3. The number of aromatic nitrogens is 3. The highest BCUT2D eigenvalue weighted by Gasteiger charge is 2.37. The third-order valence-corrected chi connectivity index (χ3v) is 6.04. The highest BCUT2D eigenvalue weighted by atomic mass is 35.5. The Kier molecular flexibility index (Phi) is 4.95. The van der Waals surface area contributed by atoms with E-state index in [0.29, 0.717) is 5.15 Å². The molecule has 0 bridgehead atoms. The third kappa shape index (κ3) is 3.26. The summed E-state index contributed by atoms with van der Waals surface area (Å²) in [5.41, 5.74) is 4.73. The van der Waals surface area contributed by atoms with Crippen LogP contribution in [0.5, 0.6) is 0 Å². The molecular weight excluding hydrogens is 358 g/mol. The monoisotopic (exact) mass is 383 g/mol. The van der Waals surface area contributed by atoms with E-state index in [1.165, 1.54) is 11.1 Å². The van der Waals surface area contributed by atoms with Crippen molar-refractivity contribution < 1.29 is 4.74 Å². The second kappa shape index (κ2) is 7.25. The molecule has 1 fully saturated rings. The Balaban J connectivity index is 1.92. The molecular formula is C22H26ClN3O. The van der Waals surface area contributed by atoms with Crippen LogP contribution in [-0.2, 0) is 16.6 Å². The normalized spacial score (nSPS) is 19.9. The first-order valence-corrected chi connectivity index (χ1v) is 10.2. The van der Waals surface area contributed by atoms with E-state index in [4.69, 9.17) is 21.3 Å². The highest BCUT2D eigenvalue weighted by molar-refractivity contribution is 6.30. The molecule has 1 aliphatic rings. The van der Waals surface area contributed by atoms with Gasteiger partial charge in [0, 0.05) is 35.9 Å².